The highest BCUT2D eigenvalue weighted by atomic mass is 32.2. The van der Waals surface area contributed by atoms with E-state index in [2.05, 4.69) is 0 Å². The maximum atomic E-state index is 10.8. The van der Waals surface area contributed by atoms with Gasteiger partial charge < -0.3 is 10.8 Å². The van der Waals surface area contributed by atoms with Crippen LogP contribution in [-0.2, 0) is 10.3 Å². The Hall–Kier alpha value is -1.00. The lowest BCUT2D eigenvalue weighted by Crippen LogP contribution is -2.41. The molecule has 76 valence electrons. The highest BCUT2D eigenvalue weighted by Gasteiger charge is 2.29. The predicted octanol–water partition coefficient (Wildman–Crippen LogP) is 1.67. The van der Waals surface area contributed by atoms with E-state index in [0.717, 1.165) is 4.90 Å². The first-order chi connectivity index (χ1) is 6.48. The largest absolute Gasteiger partial charge is 0.480 e. The normalized spacial score (nSPS) is 14.8. The van der Waals surface area contributed by atoms with Crippen LogP contribution < -0.4 is 5.73 Å². The second kappa shape index (κ2) is 4.02. The topological polar surface area (TPSA) is 63.3 Å². The summed E-state index contributed by atoms with van der Waals surface area (Å²) in [5, 5.41) is 8.89. The smallest absolute Gasteiger partial charge is 0.328 e. The molecule has 0 radical (unpaired) electrons. The van der Waals surface area contributed by atoms with Crippen LogP contribution in [0, 0.1) is 0 Å². The molecule has 14 heavy (non-hydrogen) atoms. The molecule has 0 aliphatic rings. The van der Waals surface area contributed by atoms with Crippen LogP contribution in [0.1, 0.15) is 12.5 Å². The summed E-state index contributed by atoms with van der Waals surface area (Å²) in [4.78, 5) is 11.9. The Morgan fingerprint density at radius 2 is 1.93 bits per heavy atom. The van der Waals surface area contributed by atoms with Crippen LogP contribution in [0.15, 0.2) is 29.2 Å². The van der Waals surface area contributed by atoms with E-state index in [1.807, 2.05) is 18.4 Å². The molecule has 0 fully saturated rings. The van der Waals surface area contributed by atoms with Crippen molar-refractivity contribution in [2.75, 3.05) is 6.26 Å². The standard InChI is InChI=1S/C10H13NO2S/c1-10(11,9(12)13)7-3-5-8(14-2)6-4-7/h3-6H,11H2,1-2H3,(H,12,13). The Balaban J connectivity index is 3.02. The molecule has 0 saturated heterocycles. The van der Waals surface area contributed by atoms with Crippen LogP contribution in [-0.4, -0.2) is 17.3 Å². The Kier molecular flexibility index (Phi) is 3.18. The van der Waals surface area contributed by atoms with E-state index in [-0.39, 0.29) is 0 Å². The molecule has 0 bridgehead atoms. The van der Waals surface area contributed by atoms with Crippen LogP contribution in [0.25, 0.3) is 0 Å². The summed E-state index contributed by atoms with van der Waals surface area (Å²) in [6, 6.07) is 7.24. The molecule has 0 saturated carbocycles. The fourth-order valence-corrected chi connectivity index (χ4v) is 1.47. The summed E-state index contributed by atoms with van der Waals surface area (Å²) in [6.45, 7) is 1.49. The zero-order chi connectivity index (χ0) is 10.8. The molecule has 0 spiro atoms. The van der Waals surface area contributed by atoms with Crippen molar-refractivity contribution >= 4 is 17.7 Å². The second-order valence-electron chi connectivity index (χ2n) is 3.24. The first-order valence-electron chi connectivity index (χ1n) is 4.15. The van der Waals surface area contributed by atoms with E-state index in [9.17, 15) is 4.79 Å². The molecule has 0 aliphatic carbocycles. The number of carboxylic acids is 1. The molecular formula is C10H13NO2S. The summed E-state index contributed by atoms with van der Waals surface area (Å²) < 4.78 is 0. The molecule has 1 rings (SSSR count). The summed E-state index contributed by atoms with van der Waals surface area (Å²) in [7, 11) is 0. The molecule has 3 nitrogen and oxygen atoms in total. The van der Waals surface area contributed by atoms with Crippen molar-refractivity contribution in [1.29, 1.82) is 0 Å². The average molecular weight is 211 g/mol. The number of benzene rings is 1. The van der Waals surface area contributed by atoms with Gasteiger partial charge in [-0.15, -0.1) is 11.8 Å². The van der Waals surface area contributed by atoms with E-state index in [1.165, 1.54) is 6.92 Å². The molecular weight excluding hydrogens is 198 g/mol. The zero-order valence-electron chi connectivity index (χ0n) is 8.15. The minimum absolute atomic E-state index is 0.614. The van der Waals surface area contributed by atoms with Crippen LogP contribution >= 0.6 is 11.8 Å². The highest BCUT2D eigenvalue weighted by Crippen LogP contribution is 2.21. The van der Waals surface area contributed by atoms with Crippen molar-refractivity contribution in [3.63, 3.8) is 0 Å². The third kappa shape index (κ3) is 2.08. The third-order valence-corrected chi connectivity index (χ3v) is 2.88. The lowest BCUT2D eigenvalue weighted by Gasteiger charge is -2.19. The summed E-state index contributed by atoms with van der Waals surface area (Å²) >= 11 is 1.61. The number of carbonyl (C=O) groups is 1. The lowest BCUT2D eigenvalue weighted by atomic mass is 9.94. The molecule has 1 atom stereocenters. The van der Waals surface area contributed by atoms with E-state index in [1.54, 1.807) is 23.9 Å². The van der Waals surface area contributed by atoms with Gasteiger partial charge in [-0.05, 0) is 30.9 Å². The van der Waals surface area contributed by atoms with Crippen molar-refractivity contribution in [2.45, 2.75) is 17.4 Å². The van der Waals surface area contributed by atoms with E-state index in [0.29, 0.717) is 5.56 Å². The number of nitrogens with two attached hydrogens (primary N) is 1. The lowest BCUT2D eigenvalue weighted by molar-refractivity contribution is -0.143. The summed E-state index contributed by atoms with van der Waals surface area (Å²) in [5.74, 6) is -1.02. The number of aliphatic carboxylic acids is 1. The molecule has 0 amide bonds. The van der Waals surface area contributed by atoms with Crippen molar-refractivity contribution in [3.05, 3.63) is 29.8 Å². The van der Waals surface area contributed by atoms with Crippen LogP contribution in [0.2, 0.25) is 0 Å². The molecule has 1 aromatic carbocycles. The summed E-state index contributed by atoms with van der Waals surface area (Å²) in [6.07, 6.45) is 1.97. The zero-order valence-corrected chi connectivity index (χ0v) is 8.97. The molecule has 1 unspecified atom stereocenters. The van der Waals surface area contributed by atoms with E-state index in [4.69, 9.17) is 10.8 Å². The van der Waals surface area contributed by atoms with Gasteiger partial charge >= 0.3 is 5.97 Å². The highest BCUT2D eigenvalue weighted by molar-refractivity contribution is 7.98. The Morgan fingerprint density at radius 1 is 1.43 bits per heavy atom. The van der Waals surface area contributed by atoms with E-state index >= 15 is 0 Å². The number of rotatable bonds is 3. The molecule has 3 N–H and O–H groups in total. The van der Waals surface area contributed by atoms with Gasteiger partial charge in [-0.2, -0.15) is 0 Å². The molecule has 0 aliphatic heterocycles. The number of hydrogen-bond acceptors (Lipinski definition) is 3. The molecule has 0 aromatic heterocycles. The fraction of sp³-hybridized carbons (Fsp3) is 0.300. The first-order valence-corrected chi connectivity index (χ1v) is 5.37. The van der Waals surface area contributed by atoms with Gasteiger partial charge in [0.05, 0.1) is 0 Å². The van der Waals surface area contributed by atoms with Crippen molar-refractivity contribution in [1.82, 2.24) is 0 Å². The maximum absolute atomic E-state index is 10.8. The monoisotopic (exact) mass is 211 g/mol. The fourth-order valence-electron chi connectivity index (χ4n) is 1.06. The minimum Gasteiger partial charge on any atom is -0.480 e. The van der Waals surface area contributed by atoms with Crippen LogP contribution in [0.4, 0.5) is 0 Å². The van der Waals surface area contributed by atoms with Gasteiger partial charge in [0.2, 0.25) is 0 Å². The van der Waals surface area contributed by atoms with Gasteiger partial charge in [-0.25, -0.2) is 4.79 Å². The van der Waals surface area contributed by atoms with Gasteiger partial charge in [0.1, 0.15) is 5.54 Å². The summed E-state index contributed by atoms with van der Waals surface area (Å²) in [5.41, 5.74) is 4.97. The minimum atomic E-state index is -1.31. The van der Waals surface area contributed by atoms with Crippen molar-refractivity contribution < 1.29 is 9.90 Å². The quantitative estimate of drug-likeness (QED) is 0.746. The van der Waals surface area contributed by atoms with Crippen LogP contribution in [0.3, 0.4) is 0 Å². The van der Waals surface area contributed by atoms with Gasteiger partial charge in [-0.3, -0.25) is 0 Å². The third-order valence-electron chi connectivity index (χ3n) is 2.13. The van der Waals surface area contributed by atoms with Crippen LogP contribution in [0.5, 0.6) is 0 Å². The van der Waals surface area contributed by atoms with Crippen molar-refractivity contribution in [2.24, 2.45) is 5.73 Å². The Bertz CT molecular complexity index is 332. The Morgan fingerprint density at radius 3 is 2.29 bits per heavy atom. The van der Waals surface area contributed by atoms with Gasteiger partial charge in [-0.1, -0.05) is 12.1 Å². The van der Waals surface area contributed by atoms with Gasteiger partial charge in [0.25, 0.3) is 0 Å². The first kappa shape index (κ1) is 11.1. The number of hydrogen-bond donors (Lipinski definition) is 2. The SMILES string of the molecule is CSc1ccc(C(C)(N)C(=O)O)cc1. The second-order valence-corrected chi connectivity index (χ2v) is 4.12. The van der Waals surface area contributed by atoms with Gasteiger partial charge in [0, 0.05) is 4.90 Å². The number of thioether (sulfide) groups is 1. The molecule has 4 heteroatoms. The van der Waals surface area contributed by atoms with E-state index < -0.39 is 11.5 Å². The Labute approximate surface area is 87.3 Å². The van der Waals surface area contributed by atoms with Gasteiger partial charge in [0.15, 0.2) is 0 Å². The number of carboxylic acid groups (broad SMARTS) is 1. The molecule has 0 heterocycles. The van der Waals surface area contributed by atoms with Crippen molar-refractivity contribution in [3.8, 4) is 0 Å². The maximum Gasteiger partial charge on any atom is 0.328 e. The predicted molar refractivity (Wildman–Crippen MR) is 57.4 cm³/mol. The average Bonchev–Trinajstić information content (AvgIpc) is 2.17. The molecule has 1 aromatic rings.